The van der Waals surface area contributed by atoms with Crippen LogP contribution < -0.4 is 10.6 Å². The van der Waals surface area contributed by atoms with Gasteiger partial charge in [-0.05, 0) is 42.8 Å². The standard InChI is InChI=1S/C15H14ClFN2O/c1-10-3-2-4-12(7-10)19-15(20)9-18-14-6-5-11(17)8-13(14)16/h2-8,18H,9H2,1H3,(H,19,20). The van der Waals surface area contributed by atoms with E-state index in [9.17, 15) is 9.18 Å². The summed E-state index contributed by atoms with van der Waals surface area (Å²) in [6, 6.07) is 11.5. The van der Waals surface area contributed by atoms with E-state index in [0.29, 0.717) is 5.69 Å². The lowest BCUT2D eigenvalue weighted by Gasteiger charge is -2.09. The molecule has 20 heavy (non-hydrogen) atoms. The van der Waals surface area contributed by atoms with Gasteiger partial charge in [0.1, 0.15) is 5.82 Å². The predicted molar refractivity (Wildman–Crippen MR) is 79.7 cm³/mol. The number of hydrogen-bond acceptors (Lipinski definition) is 2. The second-order valence-corrected chi connectivity index (χ2v) is 4.80. The first-order chi connectivity index (χ1) is 9.54. The molecule has 104 valence electrons. The van der Waals surface area contributed by atoms with Crippen molar-refractivity contribution in [3.8, 4) is 0 Å². The Balaban J connectivity index is 1.92. The molecule has 0 spiro atoms. The third kappa shape index (κ3) is 3.96. The minimum Gasteiger partial charge on any atom is -0.375 e. The number of nitrogens with one attached hydrogen (secondary N) is 2. The number of rotatable bonds is 4. The maximum absolute atomic E-state index is 12.9. The average Bonchev–Trinajstić information content (AvgIpc) is 2.37. The van der Waals surface area contributed by atoms with Gasteiger partial charge in [0, 0.05) is 5.69 Å². The van der Waals surface area contributed by atoms with E-state index in [0.717, 1.165) is 11.3 Å². The van der Waals surface area contributed by atoms with E-state index >= 15 is 0 Å². The third-order valence-electron chi connectivity index (χ3n) is 2.67. The van der Waals surface area contributed by atoms with Gasteiger partial charge in [-0.3, -0.25) is 4.79 Å². The molecule has 0 fully saturated rings. The first-order valence-corrected chi connectivity index (χ1v) is 6.48. The molecular weight excluding hydrogens is 279 g/mol. The summed E-state index contributed by atoms with van der Waals surface area (Å²) in [4.78, 5) is 11.8. The lowest BCUT2D eigenvalue weighted by Crippen LogP contribution is -2.21. The van der Waals surface area contributed by atoms with Gasteiger partial charge in [0.25, 0.3) is 0 Å². The fourth-order valence-corrected chi connectivity index (χ4v) is 1.97. The molecule has 0 bridgehead atoms. The summed E-state index contributed by atoms with van der Waals surface area (Å²) in [5.41, 5.74) is 2.33. The molecule has 2 N–H and O–H groups in total. The Hall–Kier alpha value is -2.07. The molecule has 0 aliphatic carbocycles. The highest BCUT2D eigenvalue weighted by Crippen LogP contribution is 2.22. The Kier molecular flexibility index (Phi) is 4.58. The maximum Gasteiger partial charge on any atom is 0.243 e. The third-order valence-corrected chi connectivity index (χ3v) is 2.99. The predicted octanol–water partition coefficient (Wildman–Crippen LogP) is 3.84. The lowest BCUT2D eigenvalue weighted by molar-refractivity contribution is -0.114. The monoisotopic (exact) mass is 292 g/mol. The number of halogens is 2. The number of amides is 1. The Bertz CT molecular complexity index is 631. The molecule has 2 aromatic rings. The van der Waals surface area contributed by atoms with Gasteiger partial charge >= 0.3 is 0 Å². The zero-order valence-electron chi connectivity index (χ0n) is 10.9. The molecule has 1 amide bonds. The molecule has 5 heteroatoms. The van der Waals surface area contributed by atoms with E-state index in [1.807, 2.05) is 31.2 Å². The van der Waals surface area contributed by atoms with Gasteiger partial charge in [0.2, 0.25) is 5.91 Å². The molecule has 0 saturated heterocycles. The van der Waals surface area contributed by atoms with Crippen molar-refractivity contribution in [3.63, 3.8) is 0 Å². The van der Waals surface area contributed by atoms with Crippen molar-refractivity contribution in [1.29, 1.82) is 0 Å². The van der Waals surface area contributed by atoms with Crippen LogP contribution in [0.2, 0.25) is 5.02 Å². The smallest absolute Gasteiger partial charge is 0.243 e. The number of carbonyl (C=O) groups excluding carboxylic acids is 1. The van der Waals surface area contributed by atoms with E-state index in [-0.39, 0.29) is 17.5 Å². The van der Waals surface area contributed by atoms with Crippen LogP contribution in [0.3, 0.4) is 0 Å². The number of anilines is 2. The van der Waals surface area contributed by atoms with Crippen molar-refractivity contribution in [2.75, 3.05) is 17.2 Å². The van der Waals surface area contributed by atoms with Crippen LogP contribution in [0.25, 0.3) is 0 Å². The van der Waals surface area contributed by atoms with Gasteiger partial charge in [-0.2, -0.15) is 0 Å². The quantitative estimate of drug-likeness (QED) is 0.899. The van der Waals surface area contributed by atoms with Crippen LogP contribution in [0.15, 0.2) is 42.5 Å². The highest BCUT2D eigenvalue weighted by molar-refractivity contribution is 6.33. The topological polar surface area (TPSA) is 41.1 Å². The van der Waals surface area contributed by atoms with E-state index in [1.165, 1.54) is 18.2 Å². The summed E-state index contributed by atoms with van der Waals surface area (Å²) in [5, 5.41) is 5.87. The van der Waals surface area contributed by atoms with Crippen LogP contribution in [0, 0.1) is 12.7 Å². The van der Waals surface area contributed by atoms with E-state index in [4.69, 9.17) is 11.6 Å². The number of hydrogen-bond donors (Lipinski definition) is 2. The maximum atomic E-state index is 12.9. The van der Waals surface area contributed by atoms with Crippen LogP contribution >= 0.6 is 11.6 Å². The van der Waals surface area contributed by atoms with E-state index in [2.05, 4.69) is 10.6 Å². The fraction of sp³-hybridized carbons (Fsp3) is 0.133. The molecule has 0 aliphatic heterocycles. The molecule has 0 saturated carbocycles. The van der Waals surface area contributed by atoms with Crippen LogP contribution in [0.1, 0.15) is 5.56 Å². The number of carbonyl (C=O) groups is 1. The summed E-state index contributed by atoms with van der Waals surface area (Å²) >= 11 is 5.86. The van der Waals surface area contributed by atoms with Gasteiger partial charge in [-0.15, -0.1) is 0 Å². The van der Waals surface area contributed by atoms with E-state index < -0.39 is 5.82 Å². The van der Waals surface area contributed by atoms with Crippen LogP contribution in [0.4, 0.5) is 15.8 Å². The van der Waals surface area contributed by atoms with Crippen molar-refractivity contribution in [2.45, 2.75) is 6.92 Å². The highest BCUT2D eigenvalue weighted by Gasteiger charge is 2.05. The fourth-order valence-electron chi connectivity index (χ4n) is 1.74. The molecule has 3 nitrogen and oxygen atoms in total. The van der Waals surface area contributed by atoms with Crippen molar-refractivity contribution in [2.24, 2.45) is 0 Å². The Morgan fingerprint density at radius 2 is 2.05 bits per heavy atom. The summed E-state index contributed by atoms with van der Waals surface area (Å²) in [6.45, 7) is 2.01. The van der Waals surface area contributed by atoms with Crippen molar-refractivity contribution >= 4 is 28.9 Å². The molecule has 0 radical (unpaired) electrons. The van der Waals surface area contributed by atoms with Crippen LogP contribution in [-0.2, 0) is 4.79 Å². The lowest BCUT2D eigenvalue weighted by atomic mass is 10.2. The number of benzene rings is 2. The molecular formula is C15H14ClFN2O. The van der Waals surface area contributed by atoms with E-state index in [1.54, 1.807) is 0 Å². The molecule has 0 aliphatic rings. The minimum absolute atomic E-state index is 0.0549. The average molecular weight is 293 g/mol. The van der Waals surface area contributed by atoms with Gasteiger partial charge in [-0.25, -0.2) is 4.39 Å². The summed E-state index contributed by atoms with van der Waals surface area (Å²) < 4.78 is 12.9. The molecule has 0 atom stereocenters. The SMILES string of the molecule is Cc1cccc(NC(=O)CNc2ccc(F)cc2Cl)c1. The molecule has 2 rings (SSSR count). The molecule has 2 aromatic carbocycles. The highest BCUT2D eigenvalue weighted by atomic mass is 35.5. The second-order valence-electron chi connectivity index (χ2n) is 4.40. The molecule has 0 aromatic heterocycles. The summed E-state index contributed by atoms with van der Waals surface area (Å²) in [7, 11) is 0. The van der Waals surface area contributed by atoms with Crippen molar-refractivity contribution in [3.05, 3.63) is 58.9 Å². The largest absolute Gasteiger partial charge is 0.375 e. The van der Waals surface area contributed by atoms with Gasteiger partial charge in [0.05, 0.1) is 17.3 Å². The number of aryl methyl sites for hydroxylation is 1. The Morgan fingerprint density at radius 1 is 1.25 bits per heavy atom. The zero-order valence-corrected chi connectivity index (χ0v) is 11.7. The second kappa shape index (κ2) is 6.39. The molecule has 0 unspecified atom stereocenters. The molecule has 0 heterocycles. The van der Waals surface area contributed by atoms with Gasteiger partial charge < -0.3 is 10.6 Å². The van der Waals surface area contributed by atoms with Gasteiger partial charge in [-0.1, -0.05) is 23.7 Å². The first kappa shape index (κ1) is 14.3. The summed E-state index contributed by atoms with van der Waals surface area (Å²) in [6.07, 6.45) is 0. The van der Waals surface area contributed by atoms with Gasteiger partial charge in [0.15, 0.2) is 0 Å². The first-order valence-electron chi connectivity index (χ1n) is 6.10. The van der Waals surface area contributed by atoms with Crippen LogP contribution in [-0.4, -0.2) is 12.5 Å². The normalized spacial score (nSPS) is 10.2. The van der Waals surface area contributed by atoms with Crippen molar-refractivity contribution in [1.82, 2.24) is 0 Å². The Labute approximate surface area is 121 Å². The zero-order chi connectivity index (χ0) is 14.5. The minimum atomic E-state index is -0.412. The van der Waals surface area contributed by atoms with Crippen LogP contribution in [0.5, 0.6) is 0 Å². The Morgan fingerprint density at radius 3 is 2.75 bits per heavy atom. The van der Waals surface area contributed by atoms with Crippen molar-refractivity contribution < 1.29 is 9.18 Å². The summed E-state index contributed by atoms with van der Waals surface area (Å²) in [5.74, 6) is -0.610.